The molecular formula is C13H20BrNS. The first-order valence-electron chi connectivity index (χ1n) is 5.77. The van der Waals surface area contributed by atoms with Gasteiger partial charge in [-0.2, -0.15) is 11.8 Å². The lowest BCUT2D eigenvalue weighted by molar-refractivity contribution is 0.618. The third-order valence-electron chi connectivity index (χ3n) is 2.44. The molecule has 0 bridgehead atoms. The van der Waals surface area contributed by atoms with Gasteiger partial charge in [0.15, 0.2) is 0 Å². The van der Waals surface area contributed by atoms with Crippen LogP contribution in [0.5, 0.6) is 0 Å². The van der Waals surface area contributed by atoms with Gasteiger partial charge < -0.3 is 5.32 Å². The van der Waals surface area contributed by atoms with Crippen LogP contribution >= 0.6 is 27.7 Å². The van der Waals surface area contributed by atoms with Crippen molar-refractivity contribution >= 4 is 27.7 Å². The molecule has 90 valence electrons. The van der Waals surface area contributed by atoms with Crippen LogP contribution in [0.1, 0.15) is 24.8 Å². The Bertz CT molecular complexity index is 274. The molecule has 0 amide bonds. The van der Waals surface area contributed by atoms with Gasteiger partial charge in [0.25, 0.3) is 0 Å². The number of hydrogen-bond acceptors (Lipinski definition) is 2. The first kappa shape index (κ1) is 14.1. The molecule has 1 nitrogen and oxygen atoms in total. The Morgan fingerprint density at radius 3 is 2.56 bits per heavy atom. The van der Waals surface area contributed by atoms with Crippen LogP contribution in [0.2, 0.25) is 0 Å². The minimum atomic E-state index is 0.982. The van der Waals surface area contributed by atoms with Crippen molar-refractivity contribution in [1.82, 2.24) is 5.32 Å². The smallest absolute Gasteiger partial charge is 0.0205 e. The summed E-state index contributed by atoms with van der Waals surface area (Å²) in [5.41, 5.74) is 1.35. The lowest BCUT2D eigenvalue weighted by atomic mass is 10.2. The van der Waals surface area contributed by atoms with E-state index in [1.54, 1.807) is 0 Å². The molecule has 0 fully saturated rings. The highest BCUT2D eigenvalue weighted by molar-refractivity contribution is 9.10. The van der Waals surface area contributed by atoms with E-state index in [0.29, 0.717) is 0 Å². The number of hydrogen-bond donors (Lipinski definition) is 1. The fourth-order valence-electron chi connectivity index (χ4n) is 1.51. The molecule has 0 heterocycles. The van der Waals surface area contributed by atoms with Crippen molar-refractivity contribution < 1.29 is 0 Å². The molecule has 16 heavy (non-hydrogen) atoms. The largest absolute Gasteiger partial charge is 0.313 e. The quantitative estimate of drug-likeness (QED) is 0.726. The third-order valence-corrected chi connectivity index (χ3v) is 3.67. The van der Waals surface area contributed by atoms with Gasteiger partial charge in [0.2, 0.25) is 0 Å². The van der Waals surface area contributed by atoms with E-state index in [9.17, 15) is 0 Å². The van der Waals surface area contributed by atoms with Gasteiger partial charge in [0.1, 0.15) is 0 Å². The molecule has 1 rings (SSSR count). The number of rotatable bonds is 8. The van der Waals surface area contributed by atoms with E-state index < -0.39 is 0 Å². The summed E-state index contributed by atoms with van der Waals surface area (Å²) in [6.07, 6.45) is 6.15. The minimum absolute atomic E-state index is 0.982. The molecule has 1 N–H and O–H groups in total. The van der Waals surface area contributed by atoms with Gasteiger partial charge in [-0.05, 0) is 49.1 Å². The topological polar surface area (TPSA) is 12.0 Å². The van der Waals surface area contributed by atoms with Gasteiger partial charge >= 0.3 is 0 Å². The van der Waals surface area contributed by atoms with E-state index in [4.69, 9.17) is 0 Å². The average Bonchev–Trinajstić information content (AvgIpc) is 2.30. The van der Waals surface area contributed by atoms with Gasteiger partial charge in [-0.25, -0.2) is 0 Å². The van der Waals surface area contributed by atoms with E-state index >= 15 is 0 Å². The van der Waals surface area contributed by atoms with Crippen LogP contribution in [-0.2, 0) is 6.54 Å². The summed E-state index contributed by atoms with van der Waals surface area (Å²) in [7, 11) is 0. The van der Waals surface area contributed by atoms with E-state index in [1.165, 1.54) is 30.6 Å². The molecule has 1 aromatic carbocycles. The number of halogens is 1. The Hall–Kier alpha value is 0.01000. The molecule has 0 aromatic heterocycles. The fraction of sp³-hybridized carbons (Fsp3) is 0.538. The van der Waals surface area contributed by atoms with Crippen molar-refractivity contribution in [2.45, 2.75) is 25.8 Å². The zero-order valence-electron chi connectivity index (χ0n) is 9.84. The van der Waals surface area contributed by atoms with Gasteiger partial charge in [0.05, 0.1) is 0 Å². The standard InChI is InChI=1S/C13H20BrNS/c1-16-10-4-2-3-9-15-11-12-5-7-13(14)8-6-12/h5-8,15H,2-4,9-11H2,1H3. The highest BCUT2D eigenvalue weighted by atomic mass is 79.9. The van der Waals surface area contributed by atoms with Gasteiger partial charge in [-0.15, -0.1) is 0 Å². The molecule has 0 atom stereocenters. The molecule has 1 aromatic rings. The van der Waals surface area contributed by atoms with Gasteiger partial charge in [-0.3, -0.25) is 0 Å². The summed E-state index contributed by atoms with van der Waals surface area (Å²) in [4.78, 5) is 0. The Labute approximate surface area is 112 Å². The zero-order valence-corrected chi connectivity index (χ0v) is 12.2. The van der Waals surface area contributed by atoms with E-state index in [2.05, 4.69) is 51.8 Å². The second-order valence-corrected chi connectivity index (χ2v) is 5.76. The van der Waals surface area contributed by atoms with E-state index in [1.807, 2.05) is 11.8 Å². The lowest BCUT2D eigenvalue weighted by Crippen LogP contribution is -2.14. The van der Waals surface area contributed by atoms with Crippen molar-refractivity contribution in [1.29, 1.82) is 0 Å². The monoisotopic (exact) mass is 301 g/mol. The first-order chi connectivity index (χ1) is 7.83. The predicted molar refractivity (Wildman–Crippen MR) is 78.1 cm³/mol. The molecule has 0 aliphatic rings. The average molecular weight is 302 g/mol. The normalized spacial score (nSPS) is 10.6. The molecule has 0 aliphatic carbocycles. The summed E-state index contributed by atoms with van der Waals surface area (Å²) < 4.78 is 1.15. The molecular weight excluding hydrogens is 282 g/mol. The number of benzene rings is 1. The fourth-order valence-corrected chi connectivity index (χ4v) is 2.27. The molecule has 0 radical (unpaired) electrons. The van der Waals surface area contributed by atoms with Crippen molar-refractivity contribution in [3.63, 3.8) is 0 Å². The molecule has 0 spiro atoms. The maximum absolute atomic E-state index is 3.48. The van der Waals surface area contributed by atoms with Crippen LogP contribution in [0.3, 0.4) is 0 Å². The second kappa shape index (κ2) is 9.08. The summed E-state index contributed by atoms with van der Waals surface area (Å²) in [5, 5.41) is 3.48. The van der Waals surface area contributed by atoms with Crippen molar-refractivity contribution in [3.05, 3.63) is 34.3 Å². The molecule has 0 saturated carbocycles. The van der Waals surface area contributed by atoms with Crippen LogP contribution < -0.4 is 5.32 Å². The van der Waals surface area contributed by atoms with Crippen LogP contribution in [0, 0.1) is 0 Å². The predicted octanol–water partition coefficient (Wildman–Crippen LogP) is 4.07. The van der Waals surface area contributed by atoms with Crippen molar-refractivity contribution in [2.24, 2.45) is 0 Å². The lowest BCUT2D eigenvalue weighted by Gasteiger charge is -2.04. The maximum atomic E-state index is 3.48. The van der Waals surface area contributed by atoms with Crippen molar-refractivity contribution in [3.8, 4) is 0 Å². The van der Waals surface area contributed by atoms with Gasteiger partial charge in [0, 0.05) is 11.0 Å². The number of nitrogens with one attached hydrogen (secondary N) is 1. The van der Waals surface area contributed by atoms with Crippen LogP contribution in [0.15, 0.2) is 28.7 Å². The van der Waals surface area contributed by atoms with Crippen LogP contribution in [-0.4, -0.2) is 18.6 Å². The highest BCUT2D eigenvalue weighted by Gasteiger charge is 1.93. The Morgan fingerprint density at radius 2 is 1.88 bits per heavy atom. The molecule has 0 aliphatic heterocycles. The van der Waals surface area contributed by atoms with Gasteiger partial charge in [-0.1, -0.05) is 34.5 Å². The third kappa shape index (κ3) is 6.56. The summed E-state index contributed by atoms with van der Waals surface area (Å²) in [6, 6.07) is 8.50. The number of unbranched alkanes of at least 4 members (excludes halogenated alkanes) is 2. The minimum Gasteiger partial charge on any atom is -0.313 e. The zero-order chi connectivity index (χ0) is 11.6. The Kier molecular flexibility index (Phi) is 7.99. The Morgan fingerprint density at radius 1 is 1.12 bits per heavy atom. The molecule has 0 saturated heterocycles. The van der Waals surface area contributed by atoms with Crippen LogP contribution in [0.4, 0.5) is 0 Å². The summed E-state index contributed by atoms with van der Waals surface area (Å²) in [6.45, 7) is 2.11. The second-order valence-electron chi connectivity index (χ2n) is 3.86. The number of thioether (sulfide) groups is 1. The first-order valence-corrected chi connectivity index (χ1v) is 7.95. The summed E-state index contributed by atoms with van der Waals surface area (Å²) in [5.74, 6) is 1.30. The van der Waals surface area contributed by atoms with E-state index in [-0.39, 0.29) is 0 Å². The molecule has 0 unspecified atom stereocenters. The SMILES string of the molecule is CSCCCCCNCc1ccc(Br)cc1. The van der Waals surface area contributed by atoms with Crippen molar-refractivity contribution in [2.75, 3.05) is 18.6 Å². The summed E-state index contributed by atoms with van der Waals surface area (Å²) >= 11 is 5.38. The van der Waals surface area contributed by atoms with E-state index in [0.717, 1.165) is 17.6 Å². The maximum Gasteiger partial charge on any atom is 0.0205 e. The van der Waals surface area contributed by atoms with Crippen LogP contribution in [0.25, 0.3) is 0 Å². The highest BCUT2D eigenvalue weighted by Crippen LogP contribution is 2.10. The Balaban J connectivity index is 2.01. The molecule has 3 heteroatoms.